The highest BCUT2D eigenvalue weighted by atomic mass is 16.6. The van der Waals surface area contributed by atoms with Crippen molar-refractivity contribution in [3.8, 4) is 5.75 Å². The highest BCUT2D eigenvalue weighted by Crippen LogP contribution is 2.36. The molecule has 1 saturated heterocycles. The van der Waals surface area contributed by atoms with Crippen LogP contribution in [0.5, 0.6) is 5.75 Å². The number of nitrogens with one attached hydrogen (secondary N) is 1. The second kappa shape index (κ2) is 8.02. The molecular weight excluding hydrogens is 360 g/mol. The average Bonchev–Trinajstić information content (AvgIpc) is 3.37. The largest absolute Gasteiger partial charge is 0.494 e. The number of allylic oxidation sites excluding steroid dienone is 1. The van der Waals surface area contributed by atoms with E-state index >= 15 is 0 Å². The molecule has 0 spiro atoms. The molecule has 1 fully saturated rings. The first-order valence-electron chi connectivity index (χ1n) is 9.56. The number of carbonyl (C=O) groups is 1. The van der Waals surface area contributed by atoms with Crippen molar-refractivity contribution in [2.24, 2.45) is 0 Å². The molecule has 8 nitrogen and oxygen atoms in total. The lowest BCUT2D eigenvalue weighted by Crippen LogP contribution is -2.30. The van der Waals surface area contributed by atoms with Crippen molar-refractivity contribution >= 4 is 11.9 Å². The molecule has 0 bridgehead atoms. The summed E-state index contributed by atoms with van der Waals surface area (Å²) in [7, 11) is 0. The van der Waals surface area contributed by atoms with Gasteiger partial charge in [-0.15, -0.1) is 0 Å². The van der Waals surface area contributed by atoms with Crippen molar-refractivity contribution in [2.75, 3.05) is 25.1 Å². The zero-order valence-electron chi connectivity index (χ0n) is 16.1. The van der Waals surface area contributed by atoms with Gasteiger partial charge < -0.3 is 19.5 Å². The fraction of sp³-hybridized carbons (Fsp3) is 0.450. The van der Waals surface area contributed by atoms with Crippen LogP contribution in [0.15, 0.2) is 41.9 Å². The van der Waals surface area contributed by atoms with Gasteiger partial charge in [-0.3, -0.25) is 0 Å². The van der Waals surface area contributed by atoms with Gasteiger partial charge in [-0.05, 0) is 44.4 Å². The Hall–Kier alpha value is -2.87. The number of hydrogen-bond donors (Lipinski definition) is 1. The Morgan fingerprint density at radius 2 is 2.32 bits per heavy atom. The van der Waals surface area contributed by atoms with E-state index in [0.29, 0.717) is 23.8 Å². The third kappa shape index (κ3) is 3.60. The smallest absolute Gasteiger partial charge is 0.338 e. The van der Waals surface area contributed by atoms with E-state index in [0.717, 1.165) is 30.8 Å². The number of ether oxygens (including phenoxy) is 3. The number of nitrogens with zero attached hydrogens (tertiary/aromatic N) is 3. The van der Waals surface area contributed by atoms with Crippen molar-refractivity contribution in [3.05, 3.63) is 47.4 Å². The fourth-order valence-corrected chi connectivity index (χ4v) is 3.63. The van der Waals surface area contributed by atoms with Gasteiger partial charge in [0.05, 0.1) is 18.3 Å². The minimum Gasteiger partial charge on any atom is -0.494 e. The van der Waals surface area contributed by atoms with Crippen LogP contribution in [0.4, 0.5) is 5.95 Å². The second-order valence-corrected chi connectivity index (χ2v) is 6.83. The molecule has 148 valence electrons. The van der Waals surface area contributed by atoms with Crippen LogP contribution in [-0.2, 0) is 14.3 Å². The van der Waals surface area contributed by atoms with Gasteiger partial charge in [0.2, 0.25) is 5.95 Å². The predicted octanol–water partition coefficient (Wildman–Crippen LogP) is 2.69. The van der Waals surface area contributed by atoms with E-state index in [2.05, 4.69) is 15.4 Å². The lowest BCUT2D eigenvalue weighted by molar-refractivity contribution is -0.142. The van der Waals surface area contributed by atoms with Gasteiger partial charge in [0.25, 0.3) is 0 Å². The Kier molecular flexibility index (Phi) is 5.29. The summed E-state index contributed by atoms with van der Waals surface area (Å²) in [5, 5.41) is 7.47. The number of carbonyl (C=O) groups excluding carboxylic acids is 1. The normalized spacial score (nSPS) is 21.2. The molecule has 0 saturated carbocycles. The van der Waals surface area contributed by atoms with Gasteiger partial charge in [0.1, 0.15) is 24.7 Å². The minimum absolute atomic E-state index is 0.0249. The Morgan fingerprint density at radius 3 is 3.11 bits per heavy atom. The first kappa shape index (κ1) is 18.5. The lowest BCUT2D eigenvalue weighted by atomic mass is 9.95. The fourth-order valence-electron chi connectivity index (χ4n) is 3.63. The number of fused-ring (bicyclic) bond motifs is 1. The standard InChI is InChI=1S/C20H24N4O4/c1-3-26-15-7-4-6-14(10-15)18-17(13(2)23-20-21-12-22-24(18)20)19(25)28-11-16-8-5-9-27-16/h4,6-7,10,12,16,18H,3,5,8-9,11H2,1-2H3,(H,21,22,23). The Morgan fingerprint density at radius 1 is 1.43 bits per heavy atom. The highest BCUT2D eigenvalue weighted by Gasteiger charge is 2.35. The van der Waals surface area contributed by atoms with Gasteiger partial charge in [-0.2, -0.15) is 10.1 Å². The van der Waals surface area contributed by atoms with Crippen LogP contribution in [0.1, 0.15) is 38.3 Å². The molecule has 2 aromatic rings. The van der Waals surface area contributed by atoms with Crippen LogP contribution < -0.4 is 10.1 Å². The number of benzene rings is 1. The monoisotopic (exact) mass is 384 g/mol. The number of aromatic nitrogens is 3. The molecule has 1 aromatic carbocycles. The van der Waals surface area contributed by atoms with Crippen molar-refractivity contribution in [3.63, 3.8) is 0 Å². The van der Waals surface area contributed by atoms with Crippen LogP contribution >= 0.6 is 0 Å². The summed E-state index contributed by atoms with van der Waals surface area (Å²) in [6, 6.07) is 7.22. The molecule has 3 heterocycles. The van der Waals surface area contributed by atoms with Crippen LogP contribution in [-0.4, -0.2) is 46.7 Å². The van der Waals surface area contributed by atoms with E-state index in [1.165, 1.54) is 6.33 Å². The zero-order valence-corrected chi connectivity index (χ0v) is 16.1. The Bertz CT molecular complexity index is 886. The maximum absolute atomic E-state index is 13.0. The van der Waals surface area contributed by atoms with E-state index in [-0.39, 0.29) is 18.7 Å². The summed E-state index contributed by atoms with van der Waals surface area (Å²) in [5.74, 6) is 0.943. The third-order valence-electron chi connectivity index (χ3n) is 4.92. The minimum atomic E-state index is -0.448. The van der Waals surface area contributed by atoms with Crippen molar-refractivity contribution in [1.29, 1.82) is 0 Å². The molecule has 2 aliphatic heterocycles. The number of hydrogen-bond acceptors (Lipinski definition) is 7. The number of rotatable bonds is 6. The molecule has 0 radical (unpaired) electrons. The first-order valence-corrected chi connectivity index (χ1v) is 9.56. The van der Waals surface area contributed by atoms with E-state index in [1.807, 2.05) is 38.1 Å². The SMILES string of the molecule is CCOc1cccc(C2C(C(=O)OCC3CCCO3)=C(C)Nc3ncnn32)c1. The lowest BCUT2D eigenvalue weighted by Gasteiger charge is -2.28. The summed E-state index contributed by atoms with van der Waals surface area (Å²) >= 11 is 0. The van der Waals surface area contributed by atoms with E-state index < -0.39 is 6.04 Å². The number of anilines is 1. The van der Waals surface area contributed by atoms with Gasteiger partial charge >= 0.3 is 5.97 Å². The summed E-state index contributed by atoms with van der Waals surface area (Å²) < 4.78 is 18.5. The molecule has 2 unspecified atom stereocenters. The summed E-state index contributed by atoms with van der Waals surface area (Å²) in [5.41, 5.74) is 2.08. The van der Waals surface area contributed by atoms with Crippen molar-refractivity contribution < 1.29 is 19.0 Å². The number of esters is 1. The Balaban J connectivity index is 1.66. The van der Waals surface area contributed by atoms with E-state index in [1.54, 1.807) is 4.68 Å². The molecule has 1 N–H and O–H groups in total. The molecule has 1 aromatic heterocycles. The van der Waals surface area contributed by atoms with Crippen LogP contribution in [0.3, 0.4) is 0 Å². The molecule has 2 atom stereocenters. The van der Waals surface area contributed by atoms with Crippen LogP contribution in [0, 0.1) is 0 Å². The topological polar surface area (TPSA) is 87.5 Å². The average molecular weight is 384 g/mol. The van der Waals surface area contributed by atoms with Crippen LogP contribution in [0.25, 0.3) is 0 Å². The summed E-state index contributed by atoms with van der Waals surface area (Å²) in [6.07, 6.45) is 3.36. The van der Waals surface area contributed by atoms with Gasteiger partial charge in [-0.1, -0.05) is 12.1 Å². The van der Waals surface area contributed by atoms with E-state index in [9.17, 15) is 4.79 Å². The molecule has 0 amide bonds. The quantitative estimate of drug-likeness (QED) is 0.766. The van der Waals surface area contributed by atoms with Gasteiger partial charge in [0.15, 0.2) is 0 Å². The van der Waals surface area contributed by atoms with Gasteiger partial charge in [0, 0.05) is 12.3 Å². The highest BCUT2D eigenvalue weighted by molar-refractivity contribution is 5.92. The molecule has 2 aliphatic rings. The Labute approximate surface area is 163 Å². The van der Waals surface area contributed by atoms with E-state index in [4.69, 9.17) is 14.2 Å². The molecule has 4 rings (SSSR count). The second-order valence-electron chi connectivity index (χ2n) is 6.83. The zero-order chi connectivity index (χ0) is 19.5. The predicted molar refractivity (Wildman–Crippen MR) is 102 cm³/mol. The summed E-state index contributed by atoms with van der Waals surface area (Å²) in [6.45, 7) is 5.33. The first-order chi connectivity index (χ1) is 13.7. The van der Waals surface area contributed by atoms with Crippen molar-refractivity contribution in [1.82, 2.24) is 14.8 Å². The molecular formula is C20H24N4O4. The van der Waals surface area contributed by atoms with Crippen LogP contribution in [0.2, 0.25) is 0 Å². The third-order valence-corrected chi connectivity index (χ3v) is 4.92. The van der Waals surface area contributed by atoms with Crippen molar-refractivity contribution in [2.45, 2.75) is 38.8 Å². The summed E-state index contributed by atoms with van der Waals surface area (Å²) in [4.78, 5) is 17.3. The molecule has 0 aliphatic carbocycles. The molecule has 8 heteroatoms. The maximum Gasteiger partial charge on any atom is 0.338 e. The van der Waals surface area contributed by atoms with Gasteiger partial charge in [-0.25, -0.2) is 9.48 Å². The molecule has 28 heavy (non-hydrogen) atoms. The maximum atomic E-state index is 13.0.